The summed E-state index contributed by atoms with van der Waals surface area (Å²) >= 11 is 0. The molecule has 0 fully saturated rings. The Morgan fingerprint density at radius 3 is 2.25 bits per heavy atom. The molecular weight excluding hydrogens is 401 g/mol. The zero-order chi connectivity index (χ0) is 22.2. The van der Waals surface area contributed by atoms with Crippen LogP contribution in [0.15, 0.2) is 88.1 Å². The van der Waals surface area contributed by atoms with Crippen LogP contribution in [0.1, 0.15) is 16.7 Å². The Hall–Kier alpha value is -3.92. The van der Waals surface area contributed by atoms with E-state index in [2.05, 4.69) is 30.4 Å². The Morgan fingerprint density at radius 2 is 1.47 bits per heavy atom. The standard InChI is InChI=1S/C28H22FNO2/c1-17-15-24(30-16-19-9-3-7-13-23(19)29)27(21-11-5-4-10-20(17)21)26-18(2)28(31)32-25-14-8-6-12-22(25)26/h3-15,30H,16H2,1-2H3. The second-order valence-electron chi connectivity index (χ2n) is 7.99. The van der Waals surface area contributed by atoms with Crippen LogP contribution in [0.2, 0.25) is 0 Å². The van der Waals surface area contributed by atoms with E-state index in [0.29, 0.717) is 23.3 Å². The van der Waals surface area contributed by atoms with Crippen molar-refractivity contribution in [2.45, 2.75) is 20.4 Å². The first-order valence-corrected chi connectivity index (χ1v) is 10.6. The molecule has 0 atom stereocenters. The molecule has 5 aromatic rings. The van der Waals surface area contributed by atoms with E-state index in [1.165, 1.54) is 6.07 Å². The minimum absolute atomic E-state index is 0.249. The number of rotatable bonds is 4. The average molecular weight is 423 g/mol. The van der Waals surface area contributed by atoms with Crippen LogP contribution in [0.5, 0.6) is 0 Å². The summed E-state index contributed by atoms with van der Waals surface area (Å²) in [5, 5.41) is 6.45. The van der Waals surface area contributed by atoms with Crippen molar-refractivity contribution in [3.05, 3.63) is 112 Å². The van der Waals surface area contributed by atoms with Gasteiger partial charge in [0.15, 0.2) is 0 Å². The maximum absolute atomic E-state index is 14.3. The van der Waals surface area contributed by atoms with Crippen molar-refractivity contribution in [3.63, 3.8) is 0 Å². The van der Waals surface area contributed by atoms with Gasteiger partial charge in [-0.25, -0.2) is 9.18 Å². The molecule has 0 aliphatic rings. The molecule has 1 N–H and O–H groups in total. The van der Waals surface area contributed by atoms with Crippen molar-refractivity contribution < 1.29 is 8.81 Å². The highest BCUT2D eigenvalue weighted by Crippen LogP contribution is 2.41. The van der Waals surface area contributed by atoms with Gasteiger partial charge in [0.25, 0.3) is 0 Å². The van der Waals surface area contributed by atoms with Gasteiger partial charge in [0.2, 0.25) is 0 Å². The number of para-hydroxylation sites is 1. The highest BCUT2D eigenvalue weighted by molar-refractivity contribution is 6.10. The molecule has 0 unspecified atom stereocenters. The van der Waals surface area contributed by atoms with Crippen LogP contribution in [-0.2, 0) is 6.54 Å². The summed E-state index contributed by atoms with van der Waals surface area (Å²) in [7, 11) is 0. The lowest BCUT2D eigenvalue weighted by Gasteiger charge is -2.19. The molecule has 5 rings (SSSR count). The number of nitrogens with one attached hydrogen (secondary N) is 1. The molecule has 4 aromatic carbocycles. The van der Waals surface area contributed by atoms with Gasteiger partial charge >= 0.3 is 5.63 Å². The fraction of sp³-hybridized carbons (Fsp3) is 0.107. The Balaban J connectivity index is 1.81. The maximum atomic E-state index is 14.3. The second kappa shape index (κ2) is 7.97. The zero-order valence-electron chi connectivity index (χ0n) is 17.9. The van der Waals surface area contributed by atoms with Gasteiger partial charge < -0.3 is 9.73 Å². The molecule has 1 aromatic heterocycles. The molecule has 0 radical (unpaired) electrons. The Bertz CT molecular complexity index is 1530. The van der Waals surface area contributed by atoms with Gasteiger partial charge in [-0.1, -0.05) is 60.7 Å². The second-order valence-corrected chi connectivity index (χ2v) is 7.99. The van der Waals surface area contributed by atoms with Crippen LogP contribution in [-0.4, -0.2) is 0 Å². The van der Waals surface area contributed by atoms with Crippen LogP contribution in [0.3, 0.4) is 0 Å². The van der Waals surface area contributed by atoms with Crippen molar-refractivity contribution in [1.82, 2.24) is 0 Å². The molecule has 0 bridgehead atoms. The summed E-state index contributed by atoms with van der Waals surface area (Å²) in [5.41, 5.74) is 5.03. The monoisotopic (exact) mass is 423 g/mol. The first kappa shape index (κ1) is 20.0. The minimum Gasteiger partial charge on any atom is -0.422 e. The molecule has 3 nitrogen and oxygen atoms in total. The van der Waals surface area contributed by atoms with Gasteiger partial charge in [-0.2, -0.15) is 0 Å². The highest BCUT2D eigenvalue weighted by atomic mass is 19.1. The van der Waals surface area contributed by atoms with E-state index in [9.17, 15) is 9.18 Å². The third kappa shape index (κ3) is 3.34. The highest BCUT2D eigenvalue weighted by Gasteiger charge is 2.19. The van der Waals surface area contributed by atoms with Crippen molar-refractivity contribution >= 4 is 27.4 Å². The van der Waals surface area contributed by atoms with E-state index in [1.54, 1.807) is 19.1 Å². The van der Waals surface area contributed by atoms with E-state index < -0.39 is 0 Å². The summed E-state index contributed by atoms with van der Waals surface area (Å²) < 4.78 is 19.8. The summed E-state index contributed by atoms with van der Waals surface area (Å²) in [4.78, 5) is 12.7. The number of hydrogen-bond acceptors (Lipinski definition) is 3. The fourth-order valence-electron chi connectivity index (χ4n) is 4.36. The molecule has 0 saturated carbocycles. The number of hydrogen-bond donors (Lipinski definition) is 1. The first-order chi connectivity index (χ1) is 15.5. The van der Waals surface area contributed by atoms with E-state index in [4.69, 9.17) is 4.42 Å². The first-order valence-electron chi connectivity index (χ1n) is 10.6. The van der Waals surface area contributed by atoms with Gasteiger partial charge in [-0.05, 0) is 48.4 Å². The smallest absolute Gasteiger partial charge is 0.339 e. The quantitative estimate of drug-likeness (QED) is 0.317. The third-order valence-corrected chi connectivity index (χ3v) is 5.97. The number of anilines is 1. The molecule has 158 valence electrons. The Morgan fingerprint density at radius 1 is 0.812 bits per heavy atom. The normalized spacial score (nSPS) is 11.2. The van der Waals surface area contributed by atoms with Crippen LogP contribution in [0.4, 0.5) is 10.1 Å². The average Bonchev–Trinajstić information content (AvgIpc) is 2.80. The lowest BCUT2D eigenvalue weighted by molar-refractivity contribution is 0.556. The van der Waals surface area contributed by atoms with Gasteiger partial charge in [-0.15, -0.1) is 0 Å². The molecule has 4 heteroatoms. The SMILES string of the molecule is Cc1c(-c2c(NCc3ccccc3F)cc(C)c3ccccc23)c2ccccc2oc1=O. The van der Waals surface area contributed by atoms with Gasteiger partial charge in [0.1, 0.15) is 11.4 Å². The predicted molar refractivity (Wildman–Crippen MR) is 129 cm³/mol. The van der Waals surface area contributed by atoms with Crippen LogP contribution < -0.4 is 10.9 Å². The molecule has 0 aliphatic heterocycles. The van der Waals surface area contributed by atoms with Gasteiger partial charge in [0.05, 0.1) is 0 Å². The number of aryl methyl sites for hydroxylation is 1. The third-order valence-electron chi connectivity index (χ3n) is 5.97. The van der Waals surface area contributed by atoms with Crippen molar-refractivity contribution in [2.24, 2.45) is 0 Å². The van der Waals surface area contributed by atoms with E-state index in [1.807, 2.05) is 42.5 Å². The summed E-state index contributed by atoms with van der Waals surface area (Å²) in [5.74, 6) is -0.249. The lowest BCUT2D eigenvalue weighted by Crippen LogP contribution is -2.08. The summed E-state index contributed by atoms with van der Waals surface area (Å²) in [6.07, 6.45) is 0. The molecule has 0 amide bonds. The molecular formula is C28H22FNO2. The van der Waals surface area contributed by atoms with E-state index >= 15 is 0 Å². The maximum Gasteiger partial charge on any atom is 0.339 e. The number of fused-ring (bicyclic) bond motifs is 2. The lowest BCUT2D eigenvalue weighted by atomic mass is 9.90. The van der Waals surface area contributed by atoms with Crippen LogP contribution in [0, 0.1) is 19.7 Å². The Labute approximate surface area is 185 Å². The fourth-order valence-corrected chi connectivity index (χ4v) is 4.36. The number of benzene rings is 4. The van der Waals surface area contributed by atoms with Crippen molar-refractivity contribution in [3.8, 4) is 11.1 Å². The molecule has 0 aliphatic carbocycles. The van der Waals surface area contributed by atoms with Gasteiger partial charge in [0, 0.05) is 39.9 Å². The molecule has 0 saturated heterocycles. The minimum atomic E-state index is -0.358. The molecule has 0 spiro atoms. The molecule has 32 heavy (non-hydrogen) atoms. The predicted octanol–water partition coefficient (Wildman–Crippen LogP) is 6.98. The summed E-state index contributed by atoms with van der Waals surface area (Å²) in [6.45, 7) is 4.18. The molecule has 1 heterocycles. The summed E-state index contributed by atoms with van der Waals surface area (Å²) in [6, 6.07) is 24.5. The van der Waals surface area contributed by atoms with Gasteiger partial charge in [-0.3, -0.25) is 0 Å². The largest absolute Gasteiger partial charge is 0.422 e. The van der Waals surface area contributed by atoms with Crippen molar-refractivity contribution in [2.75, 3.05) is 5.32 Å². The number of halogens is 1. The van der Waals surface area contributed by atoms with Crippen LogP contribution >= 0.6 is 0 Å². The topological polar surface area (TPSA) is 42.2 Å². The van der Waals surface area contributed by atoms with E-state index in [-0.39, 0.29) is 11.4 Å². The zero-order valence-corrected chi connectivity index (χ0v) is 17.9. The van der Waals surface area contributed by atoms with Crippen LogP contribution in [0.25, 0.3) is 32.9 Å². The van der Waals surface area contributed by atoms with Crippen molar-refractivity contribution in [1.29, 1.82) is 0 Å². The Kier molecular flexibility index (Phi) is 4.98. The van der Waals surface area contributed by atoms with E-state index in [0.717, 1.165) is 38.5 Å².